The summed E-state index contributed by atoms with van der Waals surface area (Å²) >= 11 is 0. The lowest BCUT2D eigenvalue weighted by molar-refractivity contribution is -0.119. The summed E-state index contributed by atoms with van der Waals surface area (Å²) in [5.74, 6) is 0.125. The summed E-state index contributed by atoms with van der Waals surface area (Å²) in [5.41, 5.74) is 2.99. The van der Waals surface area contributed by atoms with Crippen LogP contribution in [0, 0.1) is 6.92 Å². The first-order chi connectivity index (χ1) is 11.6. The van der Waals surface area contributed by atoms with Crippen molar-refractivity contribution in [3.05, 3.63) is 60.2 Å². The maximum atomic E-state index is 13.1. The van der Waals surface area contributed by atoms with Crippen LogP contribution in [0.1, 0.15) is 5.56 Å². The molecular formula is C20H25N3O. The molecule has 4 heteroatoms. The van der Waals surface area contributed by atoms with Gasteiger partial charge in [0, 0.05) is 31.9 Å². The van der Waals surface area contributed by atoms with Gasteiger partial charge in [0.2, 0.25) is 5.91 Å². The highest BCUT2D eigenvalue weighted by molar-refractivity contribution is 6.02. The molecule has 4 nitrogen and oxygen atoms in total. The van der Waals surface area contributed by atoms with E-state index in [0.717, 1.165) is 43.1 Å². The first kappa shape index (κ1) is 16.7. The minimum atomic E-state index is 0.125. The molecular weight excluding hydrogens is 298 g/mol. The second kappa shape index (κ2) is 7.60. The van der Waals surface area contributed by atoms with Crippen LogP contribution < -0.4 is 4.90 Å². The predicted octanol–water partition coefficient (Wildman–Crippen LogP) is 2.91. The first-order valence-corrected chi connectivity index (χ1v) is 8.49. The van der Waals surface area contributed by atoms with E-state index >= 15 is 0 Å². The zero-order valence-corrected chi connectivity index (χ0v) is 14.5. The summed E-state index contributed by atoms with van der Waals surface area (Å²) in [4.78, 5) is 19.5. The Hall–Kier alpha value is -2.17. The van der Waals surface area contributed by atoms with E-state index < -0.39 is 0 Å². The van der Waals surface area contributed by atoms with Gasteiger partial charge >= 0.3 is 0 Å². The molecule has 0 radical (unpaired) electrons. The fourth-order valence-electron chi connectivity index (χ4n) is 3.08. The number of aryl methyl sites for hydroxylation is 1. The van der Waals surface area contributed by atoms with Gasteiger partial charge in [0.05, 0.1) is 12.2 Å². The number of anilines is 2. The monoisotopic (exact) mass is 323 g/mol. The number of likely N-dealkylation sites (N-methyl/N-ethyl adjacent to an activating group) is 1. The highest BCUT2D eigenvalue weighted by Crippen LogP contribution is 2.28. The summed E-state index contributed by atoms with van der Waals surface area (Å²) in [7, 11) is 2.13. The van der Waals surface area contributed by atoms with Gasteiger partial charge < -0.3 is 4.90 Å². The van der Waals surface area contributed by atoms with Gasteiger partial charge in [-0.1, -0.05) is 36.4 Å². The molecule has 0 atom stereocenters. The Morgan fingerprint density at radius 3 is 2.25 bits per heavy atom. The number of rotatable bonds is 4. The van der Waals surface area contributed by atoms with Crippen LogP contribution in [0.5, 0.6) is 0 Å². The molecule has 2 aromatic rings. The van der Waals surface area contributed by atoms with Gasteiger partial charge in [0.15, 0.2) is 0 Å². The summed E-state index contributed by atoms with van der Waals surface area (Å²) in [5, 5.41) is 0. The van der Waals surface area contributed by atoms with E-state index in [2.05, 4.69) is 29.8 Å². The van der Waals surface area contributed by atoms with Crippen LogP contribution in [0.4, 0.5) is 11.4 Å². The van der Waals surface area contributed by atoms with E-state index in [1.165, 1.54) is 0 Å². The Balaban J connectivity index is 1.85. The van der Waals surface area contributed by atoms with Crippen LogP contribution in [0.25, 0.3) is 0 Å². The molecule has 2 aromatic carbocycles. The van der Waals surface area contributed by atoms with E-state index in [1.807, 2.05) is 53.4 Å². The van der Waals surface area contributed by atoms with E-state index in [1.54, 1.807) is 0 Å². The van der Waals surface area contributed by atoms with Gasteiger partial charge in [-0.05, 0) is 37.7 Å². The molecule has 0 aromatic heterocycles. The molecule has 0 unspecified atom stereocenters. The van der Waals surface area contributed by atoms with Gasteiger partial charge in [-0.2, -0.15) is 0 Å². The summed E-state index contributed by atoms with van der Waals surface area (Å²) in [6.45, 7) is 6.43. The van der Waals surface area contributed by atoms with Gasteiger partial charge in [-0.25, -0.2) is 0 Å². The molecule has 0 N–H and O–H groups in total. The fourth-order valence-corrected chi connectivity index (χ4v) is 3.08. The molecule has 0 bridgehead atoms. The number of benzene rings is 2. The second-order valence-electron chi connectivity index (χ2n) is 6.43. The molecule has 1 fully saturated rings. The maximum Gasteiger partial charge on any atom is 0.245 e. The Morgan fingerprint density at radius 1 is 0.958 bits per heavy atom. The molecule has 0 saturated carbocycles. The van der Waals surface area contributed by atoms with Crippen molar-refractivity contribution in [3.63, 3.8) is 0 Å². The highest BCUT2D eigenvalue weighted by Gasteiger charge is 2.23. The topological polar surface area (TPSA) is 26.8 Å². The second-order valence-corrected chi connectivity index (χ2v) is 6.43. The SMILES string of the molecule is Cc1ccccc1N(C(=O)CN1CCN(C)CC1)c1ccccc1. The molecule has 0 spiro atoms. The molecule has 1 saturated heterocycles. The number of hydrogen-bond acceptors (Lipinski definition) is 3. The Bertz CT molecular complexity index is 678. The maximum absolute atomic E-state index is 13.1. The largest absolute Gasteiger partial charge is 0.304 e. The smallest absolute Gasteiger partial charge is 0.245 e. The van der Waals surface area contributed by atoms with E-state index in [-0.39, 0.29) is 5.91 Å². The van der Waals surface area contributed by atoms with Gasteiger partial charge in [-0.3, -0.25) is 14.6 Å². The van der Waals surface area contributed by atoms with Crippen molar-refractivity contribution in [3.8, 4) is 0 Å². The van der Waals surface area contributed by atoms with Crippen molar-refractivity contribution in [1.29, 1.82) is 0 Å². The third kappa shape index (κ3) is 3.83. The van der Waals surface area contributed by atoms with Gasteiger partial charge in [-0.15, -0.1) is 0 Å². The Morgan fingerprint density at radius 2 is 1.58 bits per heavy atom. The van der Waals surface area contributed by atoms with Crippen molar-refractivity contribution in [2.24, 2.45) is 0 Å². The van der Waals surface area contributed by atoms with Gasteiger partial charge in [0.25, 0.3) is 0 Å². The number of nitrogens with zero attached hydrogens (tertiary/aromatic N) is 3. The van der Waals surface area contributed by atoms with Crippen LogP contribution in [-0.2, 0) is 4.79 Å². The van der Waals surface area contributed by atoms with Crippen molar-refractivity contribution in [1.82, 2.24) is 9.80 Å². The fraction of sp³-hybridized carbons (Fsp3) is 0.350. The number of hydrogen-bond donors (Lipinski definition) is 0. The van der Waals surface area contributed by atoms with Crippen LogP contribution in [0.15, 0.2) is 54.6 Å². The first-order valence-electron chi connectivity index (χ1n) is 8.49. The average molecular weight is 323 g/mol. The minimum Gasteiger partial charge on any atom is -0.304 e. The number of para-hydroxylation sites is 2. The lowest BCUT2D eigenvalue weighted by Crippen LogP contribution is -2.48. The molecule has 1 aliphatic rings. The number of amides is 1. The Kier molecular flexibility index (Phi) is 5.28. The van der Waals surface area contributed by atoms with E-state index in [9.17, 15) is 4.79 Å². The van der Waals surface area contributed by atoms with Crippen LogP contribution in [-0.4, -0.2) is 55.5 Å². The van der Waals surface area contributed by atoms with E-state index in [4.69, 9.17) is 0 Å². The van der Waals surface area contributed by atoms with Crippen LogP contribution in [0.3, 0.4) is 0 Å². The standard InChI is InChI=1S/C20H25N3O/c1-17-8-6-7-11-19(17)23(18-9-4-3-5-10-18)20(24)16-22-14-12-21(2)13-15-22/h3-11H,12-16H2,1-2H3. The predicted molar refractivity (Wildman–Crippen MR) is 98.7 cm³/mol. The van der Waals surface area contributed by atoms with Crippen molar-refractivity contribution in [2.75, 3.05) is 44.7 Å². The molecule has 126 valence electrons. The average Bonchev–Trinajstić information content (AvgIpc) is 2.60. The molecule has 1 amide bonds. The number of carbonyl (C=O) groups is 1. The zero-order chi connectivity index (χ0) is 16.9. The van der Waals surface area contributed by atoms with Crippen LogP contribution in [0.2, 0.25) is 0 Å². The van der Waals surface area contributed by atoms with E-state index in [0.29, 0.717) is 6.54 Å². The van der Waals surface area contributed by atoms with Crippen molar-refractivity contribution < 1.29 is 4.79 Å². The third-order valence-electron chi connectivity index (χ3n) is 4.57. The quantitative estimate of drug-likeness (QED) is 0.865. The van der Waals surface area contributed by atoms with Crippen molar-refractivity contribution >= 4 is 17.3 Å². The molecule has 0 aliphatic carbocycles. The summed E-state index contributed by atoms with van der Waals surface area (Å²) < 4.78 is 0. The molecule has 24 heavy (non-hydrogen) atoms. The molecule has 3 rings (SSSR count). The lowest BCUT2D eigenvalue weighted by atomic mass is 10.1. The normalized spacial score (nSPS) is 16.1. The zero-order valence-electron chi connectivity index (χ0n) is 14.5. The minimum absolute atomic E-state index is 0.125. The lowest BCUT2D eigenvalue weighted by Gasteiger charge is -2.33. The highest BCUT2D eigenvalue weighted by atomic mass is 16.2. The molecule has 1 aliphatic heterocycles. The van der Waals surface area contributed by atoms with Crippen LogP contribution >= 0.6 is 0 Å². The molecule has 1 heterocycles. The van der Waals surface area contributed by atoms with Gasteiger partial charge in [0.1, 0.15) is 0 Å². The van der Waals surface area contributed by atoms with Crippen molar-refractivity contribution in [2.45, 2.75) is 6.92 Å². The third-order valence-corrected chi connectivity index (χ3v) is 4.57. The number of carbonyl (C=O) groups excluding carboxylic acids is 1. The summed E-state index contributed by atoms with van der Waals surface area (Å²) in [6.07, 6.45) is 0. The Labute approximate surface area is 144 Å². The number of piperazine rings is 1. The summed E-state index contributed by atoms with van der Waals surface area (Å²) in [6, 6.07) is 18.0.